The van der Waals surface area contributed by atoms with E-state index in [4.69, 9.17) is 9.84 Å². The van der Waals surface area contributed by atoms with Gasteiger partial charge in [0.15, 0.2) is 0 Å². The zero-order chi connectivity index (χ0) is 25.4. The molecule has 0 amide bonds. The van der Waals surface area contributed by atoms with E-state index < -0.39 is 5.97 Å². The number of carboxylic acid groups (broad SMARTS) is 1. The number of esters is 1. The minimum atomic E-state index is -0.942. The van der Waals surface area contributed by atoms with Gasteiger partial charge in [0.1, 0.15) is 6.10 Å². The number of ether oxygens (including phenoxy) is 1. The number of carboxylic acids is 1. The van der Waals surface area contributed by atoms with E-state index >= 15 is 0 Å². The largest absolute Gasteiger partial charge is 0.481 e. The van der Waals surface area contributed by atoms with Crippen molar-refractivity contribution < 1.29 is 19.4 Å². The SMILES string of the molecule is CC(C)CCC[C@@H](C)[C@H]1CC[C@H]2[C@@H]3CC=C4C[C@H](OC(=O)CCC(=O)O)CC[C@]4(C)[C@H]3CC[C@]12C. The van der Waals surface area contributed by atoms with Gasteiger partial charge in [0, 0.05) is 6.42 Å². The van der Waals surface area contributed by atoms with Gasteiger partial charge in [-0.2, -0.15) is 0 Å². The molecule has 198 valence electrons. The van der Waals surface area contributed by atoms with Crippen LogP contribution in [0.2, 0.25) is 0 Å². The van der Waals surface area contributed by atoms with Crippen molar-refractivity contribution in [2.75, 3.05) is 0 Å². The summed E-state index contributed by atoms with van der Waals surface area (Å²) in [5, 5.41) is 8.84. The van der Waals surface area contributed by atoms with Crippen molar-refractivity contribution in [1.29, 1.82) is 0 Å². The first-order valence-electron chi connectivity index (χ1n) is 14.7. The fraction of sp³-hybridized carbons (Fsp3) is 0.871. The molecule has 0 radical (unpaired) electrons. The van der Waals surface area contributed by atoms with Crippen LogP contribution in [0.4, 0.5) is 0 Å². The number of hydrogen-bond donors (Lipinski definition) is 1. The first kappa shape index (κ1) is 26.7. The molecule has 0 heterocycles. The first-order chi connectivity index (χ1) is 16.5. The maximum Gasteiger partial charge on any atom is 0.306 e. The summed E-state index contributed by atoms with van der Waals surface area (Å²) in [5.74, 6) is 3.68. The van der Waals surface area contributed by atoms with Crippen molar-refractivity contribution in [2.24, 2.45) is 46.3 Å². The second kappa shape index (κ2) is 10.6. The Morgan fingerprint density at radius 3 is 2.51 bits per heavy atom. The van der Waals surface area contributed by atoms with Crippen LogP contribution in [0.15, 0.2) is 11.6 Å². The van der Waals surface area contributed by atoms with Gasteiger partial charge >= 0.3 is 11.9 Å². The number of rotatable bonds is 9. The van der Waals surface area contributed by atoms with Gasteiger partial charge in [0.05, 0.1) is 12.8 Å². The summed E-state index contributed by atoms with van der Waals surface area (Å²) >= 11 is 0. The van der Waals surface area contributed by atoms with Gasteiger partial charge in [-0.15, -0.1) is 0 Å². The van der Waals surface area contributed by atoms with E-state index in [1.807, 2.05) is 0 Å². The highest BCUT2D eigenvalue weighted by atomic mass is 16.5. The smallest absolute Gasteiger partial charge is 0.306 e. The minimum Gasteiger partial charge on any atom is -0.481 e. The van der Waals surface area contributed by atoms with Crippen LogP contribution in [-0.2, 0) is 14.3 Å². The zero-order valence-corrected chi connectivity index (χ0v) is 23.0. The highest BCUT2D eigenvalue weighted by Gasteiger charge is 2.59. The summed E-state index contributed by atoms with van der Waals surface area (Å²) in [6.45, 7) is 12.4. The molecular weight excluding hydrogens is 436 g/mol. The fourth-order valence-corrected chi connectivity index (χ4v) is 9.21. The van der Waals surface area contributed by atoms with Crippen LogP contribution in [0.5, 0.6) is 0 Å². The van der Waals surface area contributed by atoms with E-state index in [0.29, 0.717) is 5.41 Å². The topological polar surface area (TPSA) is 63.6 Å². The van der Waals surface area contributed by atoms with E-state index in [1.165, 1.54) is 56.9 Å². The number of aliphatic carboxylic acids is 1. The van der Waals surface area contributed by atoms with Crippen LogP contribution in [0.3, 0.4) is 0 Å². The number of allylic oxidation sites excluding steroid dienone is 1. The Labute approximate surface area is 213 Å². The highest BCUT2D eigenvalue weighted by Crippen LogP contribution is 2.67. The normalized spacial score (nSPS) is 39.3. The standard InChI is InChI=1S/C31H50O4/c1-20(2)7-6-8-21(3)25-11-12-26-24-10-9-22-19-23(35-29(34)14-13-28(32)33)15-17-30(22,4)27(24)16-18-31(25,26)5/h9,20-21,23-27H,6-8,10-19H2,1-5H3,(H,32,33)/t21-,23-,24+,25-,26+,27+,30+,31-/m1/s1. The van der Waals surface area contributed by atoms with Crippen LogP contribution in [-0.4, -0.2) is 23.1 Å². The van der Waals surface area contributed by atoms with Gasteiger partial charge in [-0.25, -0.2) is 0 Å². The molecule has 0 saturated heterocycles. The summed E-state index contributed by atoms with van der Waals surface area (Å²) in [6.07, 6.45) is 16.0. The minimum absolute atomic E-state index is 0.0236. The van der Waals surface area contributed by atoms with Gasteiger partial charge in [-0.1, -0.05) is 65.5 Å². The lowest BCUT2D eigenvalue weighted by molar-refractivity contribution is -0.154. The van der Waals surface area contributed by atoms with E-state index in [9.17, 15) is 9.59 Å². The molecule has 0 bridgehead atoms. The molecule has 0 spiro atoms. The third-order valence-electron chi connectivity index (χ3n) is 11.1. The molecule has 0 unspecified atom stereocenters. The highest BCUT2D eigenvalue weighted by molar-refractivity contribution is 5.76. The van der Waals surface area contributed by atoms with Gasteiger partial charge in [0.25, 0.3) is 0 Å². The number of carbonyl (C=O) groups excluding carboxylic acids is 1. The molecule has 4 heteroatoms. The van der Waals surface area contributed by atoms with Gasteiger partial charge in [0.2, 0.25) is 0 Å². The average Bonchev–Trinajstić information content (AvgIpc) is 3.15. The molecule has 4 nitrogen and oxygen atoms in total. The molecule has 4 aliphatic rings. The van der Waals surface area contributed by atoms with Crippen molar-refractivity contribution >= 4 is 11.9 Å². The molecule has 4 aliphatic carbocycles. The first-order valence-corrected chi connectivity index (χ1v) is 14.7. The van der Waals surface area contributed by atoms with Crippen LogP contribution < -0.4 is 0 Å². The Bertz CT molecular complexity index is 815. The predicted octanol–water partition coefficient (Wildman–Crippen LogP) is 7.80. The maximum absolute atomic E-state index is 12.1. The number of fused-ring (bicyclic) bond motifs is 5. The Morgan fingerprint density at radius 2 is 1.80 bits per heavy atom. The van der Waals surface area contributed by atoms with Crippen molar-refractivity contribution in [3.8, 4) is 0 Å². The van der Waals surface area contributed by atoms with Crippen LogP contribution >= 0.6 is 0 Å². The Kier molecular flexibility index (Phi) is 8.08. The molecule has 35 heavy (non-hydrogen) atoms. The van der Waals surface area contributed by atoms with E-state index in [-0.39, 0.29) is 30.3 Å². The molecule has 8 atom stereocenters. The molecule has 0 aromatic heterocycles. The molecule has 0 aromatic rings. The second-order valence-corrected chi connectivity index (χ2v) is 13.5. The van der Waals surface area contributed by atoms with Crippen LogP contribution in [0.1, 0.15) is 118 Å². The summed E-state index contributed by atoms with van der Waals surface area (Å²) in [7, 11) is 0. The van der Waals surface area contributed by atoms with Crippen LogP contribution in [0.25, 0.3) is 0 Å². The molecule has 0 aromatic carbocycles. The molecule has 4 rings (SSSR count). The van der Waals surface area contributed by atoms with Gasteiger partial charge in [-0.3, -0.25) is 9.59 Å². The molecule has 3 fully saturated rings. The molecule has 1 N–H and O–H groups in total. The fourth-order valence-electron chi connectivity index (χ4n) is 9.21. The third kappa shape index (κ3) is 5.37. The molecule has 3 saturated carbocycles. The Morgan fingerprint density at radius 1 is 1.03 bits per heavy atom. The molecular formula is C31H50O4. The number of hydrogen-bond acceptors (Lipinski definition) is 3. The van der Waals surface area contributed by atoms with Crippen molar-refractivity contribution in [1.82, 2.24) is 0 Å². The van der Waals surface area contributed by atoms with Gasteiger partial charge < -0.3 is 9.84 Å². The Balaban J connectivity index is 1.40. The van der Waals surface area contributed by atoms with Gasteiger partial charge in [-0.05, 0) is 91.3 Å². The van der Waals surface area contributed by atoms with Crippen LogP contribution in [0, 0.1) is 46.3 Å². The zero-order valence-electron chi connectivity index (χ0n) is 23.0. The lowest BCUT2D eigenvalue weighted by Gasteiger charge is -2.58. The van der Waals surface area contributed by atoms with E-state index in [2.05, 4.69) is 40.7 Å². The average molecular weight is 487 g/mol. The molecule has 0 aliphatic heterocycles. The second-order valence-electron chi connectivity index (χ2n) is 13.5. The third-order valence-corrected chi connectivity index (χ3v) is 11.1. The summed E-state index contributed by atoms with van der Waals surface area (Å²) < 4.78 is 5.70. The van der Waals surface area contributed by atoms with Crippen molar-refractivity contribution in [2.45, 2.75) is 124 Å². The van der Waals surface area contributed by atoms with Crippen molar-refractivity contribution in [3.63, 3.8) is 0 Å². The maximum atomic E-state index is 12.1. The monoisotopic (exact) mass is 486 g/mol. The predicted molar refractivity (Wildman–Crippen MR) is 140 cm³/mol. The Hall–Kier alpha value is -1.32. The van der Waals surface area contributed by atoms with Crippen molar-refractivity contribution in [3.05, 3.63) is 11.6 Å². The van der Waals surface area contributed by atoms with E-state index in [0.717, 1.165) is 54.8 Å². The quantitative estimate of drug-likeness (QED) is 0.267. The summed E-state index contributed by atoms with van der Waals surface area (Å²) in [5.41, 5.74) is 2.27. The van der Waals surface area contributed by atoms with E-state index in [1.54, 1.807) is 0 Å². The number of carbonyl (C=O) groups is 2. The lowest BCUT2D eigenvalue weighted by atomic mass is 9.47. The lowest BCUT2D eigenvalue weighted by Crippen LogP contribution is -2.51. The summed E-state index contributed by atoms with van der Waals surface area (Å²) in [4.78, 5) is 22.9. The summed E-state index contributed by atoms with van der Waals surface area (Å²) in [6, 6.07) is 0.